The number of benzene rings is 1. The van der Waals surface area contributed by atoms with Crippen LogP contribution < -0.4 is 10.1 Å². The van der Waals surface area contributed by atoms with Crippen LogP contribution >= 0.6 is 15.9 Å². The molecule has 0 saturated carbocycles. The van der Waals surface area contributed by atoms with Gasteiger partial charge in [-0.15, -0.1) is 0 Å². The van der Waals surface area contributed by atoms with Crippen LogP contribution in [0.15, 0.2) is 33.6 Å². The summed E-state index contributed by atoms with van der Waals surface area (Å²) in [5.41, 5.74) is 1.09. The van der Waals surface area contributed by atoms with Crippen LogP contribution in [-0.4, -0.2) is 16.7 Å². The largest absolute Gasteiger partial charge is 0.484 e. The molecule has 0 spiro atoms. The Morgan fingerprint density at radius 3 is 3.06 bits per heavy atom. The first kappa shape index (κ1) is 13.0. The summed E-state index contributed by atoms with van der Waals surface area (Å²) in [6.07, 6.45) is 1.29. The zero-order valence-electron chi connectivity index (χ0n) is 10.0. The molecule has 0 amide bonds. The van der Waals surface area contributed by atoms with E-state index in [-0.39, 0.29) is 6.61 Å². The number of rotatable bonds is 6. The molecule has 1 aromatic heterocycles. The van der Waals surface area contributed by atoms with Crippen molar-refractivity contribution in [1.29, 1.82) is 0 Å². The second-order valence-electron chi connectivity index (χ2n) is 3.64. The van der Waals surface area contributed by atoms with E-state index in [0.29, 0.717) is 5.82 Å². The molecule has 1 N–H and O–H groups in total. The summed E-state index contributed by atoms with van der Waals surface area (Å²) in [5.74, 6) is 1.34. The molecule has 18 heavy (non-hydrogen) atoms. The highest BCUT2D eigenvalue weighted by molar-refractivity contribution is 9.10. The highest BCUT2D eigenvalue weighted by Gasteiger charge is 2.09. The summed E-state index contributed by atoms with van der Waals surface area (Å²) in [4.78, 5) is 3.92. The second-order valence-corrected chi connectivity index (χ2v) is 4.50. The van der Waals surface area contributed by atoms with Gasteiger partial charge in [-0.25, -0.2) is 0 Å². The Morgan fingerprint density at radius 2 is 2.33 bits per heavy atom. The van der Waals surface area contributed by atoms with Gasteiger partial charge < -0.3 is 14.6 Å². The minimum absolute atomic E-state index is 0.290. The molecule has 0 aliphatic rings. The van der Waals surface area contributed by atoms with E-state index in [1.807, 2.05) is 18.2 Å². The molecule has 0 aliphatic carbocycles. The molecule has 6 heteroatoms. The van der Waals surface area contributed by atoms with E-state index in [0.717, 1.165) is 28.9 Å². The van der Waals surface area contributed by atoms with Gasteiger partial charge in [0.05, 0.1) is 4.47 Å². The molecule has 0 saturated heterocycles. The minimum atomic E-state index is 0.290. The predicted octanol–water partition coefficient (Wildman–Crippen LogP) is 2.52. The molecule has 1 heterocycles. The molecule has 96 valence electrons. The highest BCUT2D eigenvalue weighted by Crippen LogP contribution is 2.29. The first-order chi connectivity index (χ1) is 8.81. The Kier molecular flexibility index (Phi) is 4.72. The van der Waals surface area contributed by atoms with E-state index in [9.17, 15) is 0 Å². The first-order valence-corrected chi connectivity index (χ1v) is 6.46. The topological polar surface area (TPSA) is 60.2 Å². The number of nitrogens with one attached hydrogen (secondary N) is 1. The quantitative estimate of drug-likeness (QED) is 0.888. The Labute approximate surface area is 114 Å². The van der Waals surface area contributed by atoms with E-state index < -0.39 is 0 Å². The number of nitrogens with zero attached hydrogens (tertiary/aromatic N) is 2. The standard InChI is InChI=1S/C12H14BrN3O2/c1-2-14-6-9-4-3-5-10(13)12(9)17-7-11-15-8-18-16-11/h3-5,8,14H,2,6-7H2,1H3. The molecule has 0 radical (unpaired) electrons. The SMILES string of the molecule is CCNCc1cccc(Br)c1OCc1ncon1. The summed E-state index contributed by atoms with van der Waals surface area (Å²) >= 11 is 3.49. The molecule has 0 bridgehead atoms. The Bertz CT molecular complexity index is 488. The smallest absolute Gasteiger partial charge is 0.213 e. The Balaban J connectivity index is 2.09. The van der Waals surface area contributed by atoms with Crippen molar-refractivity contribution in [3.8, 4) is 5.75 Å². The van der Waals surface area contributed by atoms with Crippen molar-refractivity contribution in [2.75, 3.05) is 6.54 Å². The Morgan fingerprint density at radius 1 is 1.44 bits per heavy atom. The lowest BCUT2D eigenvalue weighted by Gasteiger charge is -2.12. The van der Waals surface area contributed by atoms with Gasteiger partial charge in [-0.2, -0.15) is 4.98 Å². The van der Waals surface area contributed by atoms with Crippen molar-refractivity contribution in [1.82, 2.24) is 15.5 Å². The van der Waals surface area contributed by atoms with E-state index >= 15 is 0 Å². The van der Waals surface area contributed by atoms with Gasteiger partial charge in [0.15, 0.2) is 6.61 Å². The van der Waals surface area contributed by atoms with E-state index in [1.165, 1.54) is 6.39 Å². The predicted molar refractivity (Wildman–Crippen MR) is 70.2 cm³/mol. The molecular weight excluding hydrogens is 298 g/mol. The van der Waals surface area contributed by atoms with Crippen LogP contribution in [0.2, 0.25) is 0 Å². The molecule has 5 nitrogen and oxygen atoms in total. The molecular formula is C12H14BrN3O2. The normalized spacial score (nSPS) is 10.6. The average Bonchev–Trinajstić information content (AvgIpc) is 2.88. The fourth-order valence-corrected chi connectivity index (χ4v) is 2.03. The van der Waals surface area contributed by atoms with Gasteiger partial charge in [0, 0.05) is 12.1 Å². The maximum Gasteiger partial charge on any atom is 0.213 e. The van der Waals surface area contributed by atoms with Gasteiger partial charge in [-0.1, -0.05) is 24.2 Å². The average molecular weight is 312 g/mol. The van der Waals surface area contributed by atoms with Crippen molar-refractivity contribution in [2.45, 2.75) is 20.1 Å². The molecule has 0 aliphatic heterocycles. The van der Waals surface area contributed by atoms with Crippen LogP contribution in [0.4, 0.5) is 0 Å². The number of hydrogen-bond acceptors (Lipinski definition) is 5. The fraction of sp³-hybridized carbons (Fsp3) is 0.333. The lowest BCUT2D eigenvalue weighted by atomic mass is 10.2. The number of hydrogen-bond donors (Lipinski definition) is 1. The van der Waals surface area contributed by atoms with Crippen LogP contribution in [0, 0.1) is 0 Å². The van der Waals surface area contributed by atoms with E-state index in [2.05, 4.69) is 42.8 Å². The van der Waals surface area contributed by atoms with Crippen molar-refractivity contribution in [3.05, 3.63) is 40.5 Å². The van der Waals surface area contributed by atoms with Crippen LogP contribution in [-0.2, 0) is 13.2 Å². The van der Waals surface area contributed by atoms with E-state index in [1.54, 1.807) is 0 Å². The van der Waals surface area contributed by atoms with Gasteiger partial charge in [0.2, 0.25) is 12.2 Å². The fourth-order valence-electron chi connectivity index (χ4n) is 1.51. The number of para-hydroxylation sites is 1. The lowest BCUT2D eigenvalue weighted by molar-refractivity contribution is 0.281. The third kappa shape index (κ3) is 3.30. The van der Waals surface area contributed by atoms with Crippen LogP contribution in [0.3, 0.4) is 0 Å². The monoisotopic (exact) mass is 311 g/mol. The third-order valence-corrected chi connectivity index (χ3v) is 2.99. The van der Waals surface area contributed by atoms with Crippen molar-refractivity contribution < 1.29 is 9.26 Å². The van der Waals surface area contributed by atoms with Crippen molar-refractivity contribution >= 4 is 15.9 Å². The zero-order valence-corrected chi connectivity index (χ0v) is 11.6. The van der Waals surface area contributed by atoms with Crippen LogP contribution in [0.1, 0.15) is 18.3 Å². The van der Waals surface area contributed by atoms with Gasteiger partial charge >= 0.3 is 0 Å². The summed E-state index contributed by atoms with van der Waals surface area (Å²) in [5, 5.41) is 6.99. The summed E-state index contributed by atoms with van der Waals surface area (Å²) in [6, 6.07) is 5.96. The van der Waals surface area contributed by atoms with E-state index in [4.69, 9.17) is 4.74 Å². The third-order valence-electron chi connectivity index (χ3n) is 2.37. The van der Waals surface area contributed by atoms with Gasteiger partial charge in [0.25, 0.3) is 0 Å². The number of aromatic nitrogens is 2. The molecule has 0 atom stereocenters. The summed E-state index contributed by atoms with van der Waals surface area (Å²) in [6.45, 7) is 4.03. The highest BCUT2D eigenvalue weighted by atomic mass is 79.9. The number of halogens is 1. The second kappa shape index (κ2) is 6.51. The van der Waals surface area contributed by atoms with Crippen molar-refractivity contribution in [3.63, 3.8) is 0 Å². The molecule has 0 unspecified atom stereocenters. The molecule has 2 rings (SSSR count). The molecule has 0 fully saturated rings. The summed E-state index contributed by atoms with van der Waals surface area (Å²) < 4.78 is 11.3. The van der Waals surface area contributed by atoms with Gasteiger partial charge in [-0.3, -0.25) is 0 Å². The summed E-state index contributed by atoms with van der Waals surface area (Å²) in [7, 11) is 0. The number of ether oxygens (including phenoxy) is 1. The maximum atomic E-state index is 5.74. The maximum absolute atomic E-state index is 5.74. The lowest BCUT2D eigenvalue weighted by Crippen LogP contribution is -2.13. The minimum Gasteiger partial charge on any atom is -0.484 e. The van der Waals surface area contributed by atoms with Gasteiger partial charge in [-0.05, 0) is 28.5 Å². The van der Waals surface area contributed by atoms with Crippen molar-refractivity contribution in [2.24, 2.45) is 0 Å². The Hall–Kier alpha value is -1.40. The molecule has 2 aromatic rings. The first-order valence-electron chi connectivity index (χ1n) is 5.67. The van der Waals surface area contributed by atoms with Crippen LogP contribution in [0.5, 0.6) is 5.75 Å². The molecule has 1 aromatic carbocycles. The zero-order chi connectivity index (χ0) is 12.8. The van der Waals surface area contributed by atoms with Crippen LogP contribution in [0.25, 0.3) is 0 Å². The van der Waals surface area contributed by atoms with Gasteiger partial charge in [0.1, 0.15) is 5.75 Å².